The van der Waals surface area contributed by atoms with Gasteiger partial charge in [0.15, 0.2) is 11.9 Å². The number of carbonyl (C=O) groups is 2. The molecule has 12 heteroatoms. The quantitative estimate of drug-likeness (QED) is 0.637. The molecule has 1 unspecified atom stereocenters. The number of hydrogen-bond donors (Lipinski definition) is 2. The second-order valence-electron chi connectivity index (χ2n) is 5.34. The minimum absolute atomic E-state index is 0.0514. The Kier molecular flexibility index (Phi) is 6.82. The van der Waals surface area contributed by atoms with Crippen molar-refractivity contribution in [2.75, 3.05) is 11.9 Å². The second-order valence-corrected chi connectivity index (χ2v) is 7.93. The molecule has 1 amide bonds. The lowest BCUT2D eigenvalue weighted by Gasteiger charge is -2.13. The van der Waals surface area contributed by atoms with Crippen LogP contribution in [0.3, 0.4) is 0 Å². The molecule has 27 heavy (non-hydrogen) atoms. The summed E-state index contributed by atoms with van der Waals surface area (Å²) in [5, 5.41) is 6.21. The number of anilines is 1. The lowest BCUT2D eigenvalue weighted by atomic mass is 10.3. The maximum absolute atomic E-state index is 12.1. The summed E-state index contributed by atoms with van der Waals surface area (Å²) >= 11 is 11.5. The summed E-state index contributed by atoms with van der Waals surface area (Å²) in [6.45, 7) is 2.29. The predicted octanol–water partition coefficient (Wildman–Crippen LogP) is 2.14. The number of esters is 1. The summed E-state index contributed by atoms with van der Waals surface area (Å²) in [7, 11) is -4.01. The minimum Gasteiger partial charge on any atom is -0.452 e. The highest BCUT2D eigenvalue weighted by Crippen LogP contribution is 2.24. The van der Waals surface area contributed by atoms with Crippen LogP contribution in [-0.4, -0.2) is 38.1 Å². The van der Waals surface area contributed by atoms with Crippen LogP contribution < -0.4 is 10.0 Å². The molecule has 0 saturated carbocycles. The van der Waals surface area contributed by atoms with E-state index >= 15 is 0 Å². The van der Waals surface area contributed by atoms with Crippen molar-refractivity contribution in [3.8, 4) is 0 Å². The molecule has 0 fully saturated rings. The molecule has 0 spiro atoms. The van der Waals surface area contributed by atoms with E-state index in [1.54, 1.807) is 6.92 Å². The van der Waals surface area contributed by atoms with Gasteiger partial charge in [0, 0.05) is 6.07 Å². The number of amides is 1. The Morgan fingerprint density at radius 1 is 1.26 bits per heavy atom. The third-order valence-corrected chi connectivity index (χ3v) is 5.30. The van der Waals surface area contributed by atoms with Crippen molar-refractivity contribution < 1.29 is 27.3 Å². The Balaban J connectivity index is 1.88. The first-order valence-corrected chi connectivity index (χ1v) is 9.71. The average molecular weight is 436 g/mol. The van der Waals surface area contributed by atoms with E-state index in [9.17, 15) is 18.0 Å². The van der Waals surface area contributed by atoms with Gasteiger partial charge in [-0.15, -0.1) is 0 Å². The van der Waals surface area contributed by atoms with Gasteiger partial charge in [0.1, 0.15) is 12.3 Å². The van der Waals surface area contributed by atoms with Gasteiger partial charge in [-0.2, -0.15) is 4.72 Å². The normalized spacial score (nSPS) is 12.4. The minimum atomic E-state index is -4.01. The van der Waals surface area contributed by atoms with Gasteiger partial charge in [-0.25, -0.2) is 8.42 Å². The second kappa shape index (κ2) is 8.70. The summed E-state index contributed by atoms with van der Waals surface area (Å²) in [4.78, 5) is 23.5. The van der Waals surface area contributed by atoms with Crippen molar-refractivity contribution in [1.82, 2.24) is 9.88 Å². The van der Waals surface area contributed by atoms with Gasteiger partial charge in [0.05, 0.1) is 14.9 Å². The Labute approximate surface area is 165 Å². The Morgan fingerprint density at radius 3 is 2.56 bits per heavy atom. The number of ether oxygens (including phenoxy) is 1. The molecule has 0 bridgehead atoms. The number of sulfonamides is 1. The zero-order valence-electron chi connectivity index (χ0n) is 14.2. The molecule has 9 nitrogen and oxygen atoms in total. The van der Waals surface area contributed by atoms with Crippen molar-refractivity contribution in [1.29, 1.82) is 0 Å². The van der Waals surface area contributed by atoms with Crippen molar-refractivity contribution in [3.05, 3.63) is 40.1 Å². The molecule has 2 N–H and O–H groups in total. The average Bonchev–Trinajstić information content (AvgIpc) is 3.00. The molecule has 1 aromatic carbocycles. The number of nitrogens with zero attached hydrogens (tertiary/aromatic N) is 1. The van der Waals surface area contributed by atoms with Crippen molar-refractivity contribution in [3.63, 3.8) is 0 Å². The van der Waals surface area contributed by atoms with Crippen LogP contribution in [0.25, 0.3) is 0 Å². The van der Waals surface area contributed by atoms with Gasteiger partial charge in [0.2, 0.25) is 10.0 Å². The molecule has 146 valence electrons. The van der Waals surface area contributed by atoms with E-state index in [2.05, 4.69) is 15.2 Å². The highest BCUT2D eigenvalue weighted by molar-refractivity contribution is 7.89. The topological polar surface area (TPSA) is 128 Å². The van der Waals surface area contributed by atoms with Crippen LogP contribution in [0.15, 0.2) is 33.7 Å². The van der Waals surface area contributed by atoms with E-state index in [-0.39, 0.29) is 20.8 Å². The molecule has 0 aliphatic heterocycles. The van der Waals surface area contributed by atoms with Crippen molar-refractivity contribution in [2.24, 2.45) is 0 Å². The third-order valence-electron chi connectivity index (χ3n) is 3.16. The number of benzene rings is 1. The van der Waals surface area contributed by atoms with Crippen LogP contribution in [0.2, 0.25) is 10.0 Å². The molecule has 2 aromatic rings. The molecule has 0 aliphatic rings. The summed E-state index contributed by atoms with van der Waals surface area (Å²) in [6.07, 6.45) is -1.18. The molecule has 1 heterocycles. The number of halogens is 2. The number of rotatable bonds is 7. The molecule has 2 rings (SSSR count). The van der Waals surface area contributed by atoms with Gasteiger partial charge < -0.3 is 14.6 Å². The van der Waals surface area contributed by atoms with E-state index in [1.165, 1.54) is 25.1 Å². The smallest absolute Gasteiger partial charge is 0.321 e. The number of aromatic nitrogens is 1. The van der Waals surface area contributed by atoms with Gasteiger partial charge in [-0.3, -0.25) is 9.59 Å². The summed E-state index contributed by atoms with van der Waals surface area (Å²) < 4.78 is 36.0. The first-order valence-electron chi connectivity index (χ1n) is 7.47. The van der Waals surface area contributed by atoms with Crippen molar-refractivity contribution in [2.45, 2.75) is 24.8 Å². The zero-order valence-corrected chi connectivity index (χ0v) is 16.5. The van der Waals surface area contributed by atoms with Crippen molar-refractivity contribution >= 4 is 50.9 Å². The van der Waals surface area contributed by atoms with E-state index in [0.717, 1.165) is 6.07 Å². The number of nitrogens with one attached hydrogen (secondary N) is 2. The standard InChI is InChI=1S/C15H15Cl2N3O6S/c1-8-5-13(20-26-8)19-15(22)9(2)25-14(21)7-18-27(23,24)10-3-4-11(16)12(17)6-10/h3-6,9,18H,7H2,1-2H3,(H,19,20,22). The third kappa shape index (κ3) is 5.93. The first kappa shape index (κ1) is 21.2. The van der Waals surface area contributed by atoms with E-state index in [0.29, 0.717) is 5.76 Å². The maximum Gasteiger partial charge on any atom is 0.321 e. The van der Waals surface area contributed by atoms with Gasteiger partial charge in [-0.05, 0) is 32.0 Å². The van der Waals surface area contributed by atoms with E-state index < -0.39 is 34.5 Å². The van der Waals surface area contributed by atoms with Crippen LogP contribution in [0.4, 0.5) is 5.82 Å². The maximum atomic E-state index is 12.1. The molecule has 0 radical (unpaired) electrons. The van der Waals surface area contributed by atoms with Crippen LogP contribution in [0.5, 0.6) is 0 Å². The lowest BCUT2D eigenvalue weighted by Crippen LogP contribution is -2.35. The monoisotopic (exact) mass is 435 g/mol. The van der Waals surface area contributed by atoms with Crippen LogP contribution >= 0.6 is 23.2 Å². The highest BCUT2D eigenvalue weighted by Gasteiger charge is 2.21. The zero-order chi connectivity index (χ0) is 20.2. The fourth-order valence-corrected chi connectivity index (χ4v) is 3.18. The van der Waals surface area contributed by atoms with Gasteiger partial charge in [-0.1, -0.05) is 28.4 Å². The first-order chi connectivity index (χ1) is 12.6. The highest BCUT2D eigenvalue weighted by atomic mass is 35.5. The Bertz CT molecular complexity index is 960. The molecule has 1 aromatic heterocycles. The molecular weight excluding hydrogens is 421 g/mol. The lowest BCUT2D eigenvalue weighted by molar-refractivity contribution is -0.151. The Morgan fingerprint density at radius 2 is 1.96 bits per heavy atom. The fraction of sp³-hybridized carbons (Fsp3) is 0.267. The molecule has 1 atom stereocenters. The summed E-state index contributed by atoms with van der Waals surface area (Å²) in [5.41, 5.74) is 0. The molecule has 0 saturated heterocycles. The number of hydrogen-bond acceptors (Lipinski definition) is 7. The molecule has 0 aliphatic carbocycles. The Hall–Kier alpha value is -2.14. The molecular formula is C15H15Cl2N3O6S. The predicted molar refractivity (Wildman–Crippen MR) is 97.1 cm³/mol. The van der Waals surface area contributed by atoms with Crippen LogP contribution in [-0.2, 0) is 24.3 Å². The van der Waals surface area contributed by atoms with Crippen LogP contribution in [0, 0.1) is 6.92 Å². The summed E-state index contributed by atoms with van der Waals surface area (Å²) in [5.74, 6) is -0.936. The summed E-state index contributed by atoms with van der Waals surface area (Å²) in [6, 6.07) is 5.18. The van der Waals surface area contributed by atoms with E-state index in [4.69, 9.17) is 32.5 Å². The fourth-order valence-electron chi connectivity index (χ4n) is 1.83. The number of carbonyl (C=O) groups excluding carboxylic acids is 2. The van der Waals surface area contributed by atoms with Crippen LogP contribution in [0.1, 0.15) is 12.7 Å². The largest absolute Gasteiger partial charge is 0.452 e. The van der Waals surface area contributed by atoms with Gasteiger partial charge in [0.25, 0.3) is 5.91 Å². The number of aryl methyl sites for hydroxylation is 1. The van der Waals surface area contributed by atoms with Gasteiger partial charge >= 0.3 is 5.97 Å². The van der Waals surface area contributed by atoms with E-state index in [1.807, 2.05) is 0 Å². The SMILES string of the molecule is Cc1cc(NC(=O)C(C)OC(=O)CNS(=O)(=O)c2ccc(Cl)c(Cl)c2)no1.